The van der Waals surface area contributed by atoms with Crippen LogP contribution in [-0.2, 0) is 25.5 Å². The van der Waals surface area contributed by atoms with Gasteiger partial charge in [0.05, 0.1) is 13.2 Å². The molecule has 0 saturated heterocycles. The van der Waals surface area contributed by atoms with Gasteiger partial charge in [-0.3, -0.25) is 0 Å². The van der Waals surface area contributed by atoms with Crippen molar-refractivity contribution in [1.29, 1.82) is 0 Å². The highest BCUT2D eigenvalue weighted by molar-refractivity contribution is 6.28. The predicted molar refractivity (Wildman–Crippen MR) is 130 cm³/mol. The SMILES string of the molecule is CCO.CCOCCOc1ccc(C[C@@H](C)NCC(COC(=O)C(=O)O)c2ccccc2)cc1. The fraction of sp³-hybridized carbons (Fsp3) is 0.462. The van der Waals surface area contributed by atoms with E-state index in [9.17, 15) is 9.59 Å². The molecule has 188 valence electrons. The number of nitrogens with one attached hydrogen (secondary N) is 1. The summed E-state index contributed by atoms with van der Waals surface area (Å²) in [6.07, 6.45) is 0.815. The van der Waals surface area contributed by atoms with E-state index >= 15 is 0 Å². The van der Waals surface area contributed by atoms with Gasteiger partial charge in [0.1, 0.15) is 12.4 Å². The summed E-state index contributed by atoms with van der Waals surface area (Å²) in [7, 11) is 0. The number of carboxylic acid groups (broad SMARTS) is 1. The second-order valence-corrected chi connectivity index (χ2v) is 7.53. The number of carboxylic acids is 1. The summed E-state index contributed by atoms with van der Waals surface area (Å²) in [6.45, 7) is 8.30. The molecule has 0 fully saturated rings. The van der Waals surface area contributed by atoms with Crippen molar-refractivity contribution in [3.05, 3.63) is 65.7 Å². The lowest BCUT2D eigenvalue weighted by molar-refractivity contribution is -0.164. The van der Waals surface area contributed by atoms with Gasteiger partial charge >= 0.3 is 11.9 Å². The van der Waals surface area contributed by atoms with Crippen LogP contribution < -0.4 is 10.1 Å². The normalized spacial score (nSPS) is 12.1. The Balaban J connectivity index is 0.00000182. The van der Waals surface area contributed by atoms with Crippen LogP contribution >= 0.6 is 0 Å². The molecule has 2 atom stereocenters. The zero-order valence-corrected chi connectivity index (χ0v) is 20.2. The predicted octanol–water partition coefficient (Wildman–Crippen LogP) is 3.03. The second-order valence-electron chi connectivity index (χ2n) is 7.53. The van der Waals surface area contributed by atoms with Crippen LogP contribution in [0.25, 0.3) is 0 Å². The molecule has 0 bridgehead atoms. The Kier molecular flexibility index (Phi) is 15.0. The number of carbonyl (C=O) groups is 2. The zero-order chi connectivity index (χ0) is 25.2. The van der Waals surface area contributed by atoms with Crippen LogP contribution in [-0.4, -0.2) is 67.8 Å². The van der Waals surface area contributed by atoms with E-state index in [2.05, 4.69) is 12.2 Å². The van der Waals surface area contributed by atoms with E-state index in [1.165, 1.54) is 5.56 Å². The molecule has 0 amide bonds. The van der Waals surface area contributed by atoms with E-state index in [1.807, 2.05) is 61.5 Å². The molecule has 8 heteroatoms. The van der Waals surface area contributed by atoms with Gasteiger partial charge in [0, 0.05) is 31.7 Å². The van der Waals surface area contributed by atoms with Gasteiger partial charge in [-0.05, 0) is 50.5 Å². The summed E-state index contributed by atoms with van der Waals surface area (Å²) in [6, 6.07) is 17.8. The van der Waals surface area contributed by atoms with Crippen LogP contribution in [0.1, 0.15) is 37.8 Å². The van der Waals surface area contributed by atoms with Crippen molar-refractivity contribution in [3.8, 4) is 5.75 Å². The molecule has 1 unspecified atom stereocenters. The first kappa shape index (κ1) is 29.1. The average molecular weight is 476 g/mol. The summed E-state index contributed by atoms with van der Waals surface area (Å²) in [5.74, 6) is -2.16. The fourth-order valence-corrected chi connectivity index (χ4v) is 3.09. The Morgan fingerprint density at radius 3 is 2.24 bits per heavy atom. The van der Waals surface area contributed by atoms with Crippen molar-refractivity contribution in [1.82, 2.24) is 5.32 Å². The monoisotopic (exact) mass is 475 g/mol. The second kappa shape index (κ2) is 17.5. The largest absolute Gasteiger partial charge is 0.491 e. The summed E-state index contributed by atoms with van der Waals surface area (Å²) < 4.78 is 15.8. The molecule has 2 rings (SSSR count). The minimum atomic E-state index is -1.58. The molecule has 0 aromatic heterocycles. The quantitative estimate of drug-likeness (QED) is 0.230. The highest BCUT2D eigenvalue weighted by Crippen LogP contribution is 2.17. The lowest BCUT2D eigenvalue weighted by atomic mass is 9.99. The number of ether oxygens (including phenoxy) is 3. The van der Waals surface area contributed by atoms with Gasteiger partial charge in [-0.25, -0.2) is 9.59 Å². The number of benzene rings is 2. The maximum Gasteiger partial charge on any atom is 0.417 e. The molecule has 0 heterocycles. The standard InChI is InChI=1S/C24H31NO6.C2H6O/c1-3-29-13-14-30-22-11-9-19(10-12-22)15-18(2)25-16-21(17-31-24(28)23(26)27)20-7-5-4-6-8-20;1-2-3/h4-12,18,21,25H,3,13-17H2,1-2H3,(H,26,27);3H,2H2,1H3/t18-,21?;/m1./s1. The first-order valence-electron chi connectivity index (χ1n) is 11.5. The number of aliphatic hydroxyl groups is 1. The molecule has 2 aromatic rings. The number of hydrogen-bond donors (Lipinski definition) is 3. The lowest BCUT2D eigenvalue weighted by Crippen LogP contribution is -2.34. The topological polar surface area (TPSA) is 114 Å². The van der Waals surface area contributed by atoms with Gasteiger partial charge < -0.3 is 29.7 Å². The molecule has 0 saturated carbocycles. The number of hydrogen-bond acceptors (Lipinski definition) is 7. The number of esters is 1. The molecule has 34 heavy (non-hydrogen) atoms. The summed E-state index contributed by atoms with van der Waals surface area (Å²) in [5.41, 5.74) is 2.15. The molecule has 0 aliphatic rings. The minimum Gasteiger partial charge on any atom is -0.491 e. The molecular formula is C26H37NO7. The molecule has 0 spiro atoms. The molecule has 2 aromatic carbocycles. The number of aliphatic hydroxyl groups excluding tert-OH is 1. The van der Waals surface area contributed by atoms with Gasteiger partial charge in [0.25, 0.3) is 0 Å². The van der Waals surface area contributed by atoms with Crippen molar-refractivity contribution in [3.63, 3.8) is 0 Å². The van der Waals surface area contributed by atoms with E-state index in [0.29, 0.717) is 26.4 Å². The first-order valence-corrected chi connectivity index (χ1v) is 11.5. The van der Waals surface area contributed by atoms with Crippen molar-refractivity contribution < 1.29 is 34.0 Å². The highest BCUT2D eigenvalue weighted by atomic mass is 16.6. The lowest BCUT2D eigenvalue weighted by Gasteiger charge is -2.21. The highest BCUT2D eigenvalue weighted by Gasteiger charge is 2.19. The zero-order valence-electron chi connectivity index (χ0n) is 20.2. The van der Waals surface area contributed by atoms with Crippen molar-refractivity contribution in [2.75, 3.05) is 39.6 Å². The van der Waals surface area contributed by atoms with Crippen LogP contribution in [0.3, 0.4) is 0 Å². The summed E-state index contributed by atoms with van der Waals surface area (Å²) >= 11 is 0. The van der Waals surface area contributed by atoms with Crippen molar-refractivity contribution in [2.45, 2.75) is 39.2 Å². The molecule has 8 nitrogen and oxygen atoms in total. The Hall–Kier alpha value is -2.94. The Labute approximate surface area is 201 Å². The van der Waals surface area contributed by atoms with E-state index in [1.54, 1.807) is 6.92 Å². The van der Waals surface area contributed by atoms with Crippen LogP contribution in [0.15, 0.2) is 54.6 Å². The van der Waals surface area contributed by atoms with E-state index in [0.717, 1.165) is 17.7 Å². The van der Waals surface area contributed by atoms with Gasteiger partial charge in [0.15, 0.2) is 0 Å². The molecular weight excluding hydrogens is 438 g/mol. The van der Waals surface area contributed by atoms with Gasteiger partial charge in [-0.1, -0.05) is 42.5 Å². The number of carbonyl (C=O) groups excluding carboxylic acids is 1. The Bertz CT molecular complexity index is 812. The third-order valence-electron chi connectivity index (χ3n) is 4.74. The molecule has 0 aliphatic heterocycles. The van der Waals surface area contributed by atoms with Crippen LogP contribution in [0.2, 0.25) is 0 Å². The van der Waals surface area contributed by atoms with Crippen LogP contribution in [0.5, 0.6) is 5.75 Å². The average Bonchev–Trinajstić information content (AvgIpc) is 2.83. The fourth-order valence-electron chi connectivity index (χ4n) is 3.09. The third-order valence-corrected chi connectivity index (χ3v) is 4.74. The van der Waals surface area contributed by atoms with Crippen LogP contribution in [0, 0.1) is 0 Å². The molecule has 0 aliphatic carbocycles. The Morgan fingerprint density at radius 2 is 1.65 bits per heavy atom. The maximum atomic E-state index is 11.3. The van der Waals surface area contributed by atoms with Gasteiger partial charge in [-0.2, -0.15) is 0 Å². The van der Waals surface area contributed by atoms with E-state index < -0.39 is 11.9 Å². The van der Waals surface area contributed by atoms with E-state index in [4.69, 9.17) is 24.4 Å². The number of aliphatic carboxylic acids is 1. The summed E-state index contributed by atoms with van der Waals surface area (Å²) in [4.78, 5) is 22.0. The summed E-state index contributed by atoms with van der Waals surface area (Å²) in [5, 5.41) is 19.8. The van der Waals surface area contributed by atoms with E-state index in [-0.39, 0.29) is 25.2 Å². The van der Waals surface area contributed by atoms with Gasteiger partial charge in [0.2, 0.25) is 0 Å². The minimum absolute atomic E-state index is 0.00263. The van der Waals surface area contributed by atoms with Crippen molar-refractivity contribution in [2.24, 2.45) is 0 Å². The third kappa shape index (κ3) is 12.3. The van der Waals surface area contributed by atoms with Gasteiger partial charge in [-0.15, -0.1) is 0 Å². The molecule has 0 radical (unpaired) electrons. The maximum absolute atomic E-state index is 11.3. The number of rotatable bonds is 13. The first-order chi connectivity index (χ1) is 16.4. The smallest absolute Gasteiger partial charge is 0.417 e. The van der Waals surface area contributed by atoms with Crippen molar-refractivity contribution >= 4 is 11.9 Å². The Morgan fingerprint density at radius 1 is 1.00 bits per heavy atom. The molecule has 3 N–H and O–H groups in total. The van der Waals surface area contributed by atoms with Crippen LogP contribution in [0.4, 0.5) is 0 Å².